The van der Waals surface area contributed by atoms with Gasteiger partial charge in [-0.25, -0.2) is 19.3 Å². The molecule has 7 nitrogen and oxygen atoms in total. The molecule has 1 aliphatic heterocycles. The second-order valence-electron chi connectivity index (χ2n) is 4.92. The van der Waals surface area contributed by atoms with Crippen molar-refractivity contribution in [3.8, 4) is 0 Å². The fourth-order valence-corrected chi connectivity index (χ4v) is 2.75. The summed E-state index contributed by atoms with van der Waals surface area (Å²) in [7, 11) is 0. The van der Waals surface area contributed by atoms with Crippen molar-refractivity contribution in [2.45, 2.75) is 31.7 Å². The molecule has 7 heteroatoms. The second kappa shape index (κ2) is 5.00. The van der Waals surface area contributed by atoms with Gasteiger partial charge in [-0.05, 0) is 32.2 Å². The third-order valence-electron chi connectivity index (χ3n) is 3.71. The Hall–Kier alpha value is -1.89. The standard InChI is InChI=1S/C12H18N6O/c13-5-1-3-9-4-2-6-17(9)10-7-11-15-16-12(19)18(11)8-14-10/h7-9H,1-6,13H2,(H,16,19). The number of H-pyrrole nitrogens is 1. The minimum Gasteiger partial charge on any atom is -0.353 e. The minimum absolute atomic E-state index is 0.254. The maximum atomic E-state index is 11.4. The number of hydrogen-bond donors (Lipinski definition) is 2. The number of hydrogen-bond acceptors (Lipinski definition) is 5. The van der Waals surface area contributed by atoms with Crippen LogP contribution in [0.3, 0.4) is 0 Å². The van der Waals surface area contributed by atoms with Crippen molar-refractivity contribution in [3.05, 3.63) is 22.9 Å². The Kier molecular flexibility index (Phi) is 3.20. The smallest absolute Gasteiger partial charge is 0.348 e. The van der Waals surface area contributed by atoms with Crippen molar-refractivity contribution in [1.29, 1.82) is 0 Å². The van der Waals surface area contributed by atoms with Crippen LogP contribution in [0.25, 0.3) is 5.65 Å². The molecule has 2 aromatic heterocycles. The Bertz CT molecular complexity index is 618. The van der Waals surface area contributed by atoms with Gasteiger partial charge in [-0.3, -0.25) is 0 Å². The zero-order chi connectivity index (χ0) is 13.2. The number of rotatable bonds is 4. The van der Waals surface area contributed by atoms with Crippen LogP contribution in [0.15, 0.2) is 17.2 Å². The van der Waals surface area contributed by atoms with Gasteiger partial charge in [0.2, 0.25) is 0 Å². The van der Waals surface area contributed by atoms with Crippen LogP contribution >= 0.6 is 0 Å². The Morgan fingerprint density at radius 1 is 1.53 bits per heavy atom. The predicted octanol–water partition coefficient (Wildman–Crippen LogP) is 0.125. The topological polar surface area (TPSA) is 92.3 Å². The van der Waals surface area contributed by atoms with Crippen LogP contribution in [-0.2, 0) is 0 Å². The van der Waals surface area contributed by atoms with E-state index in [-0.39, 0.29) is 5.69 Å². The van der Waals surface area contributed by atoms with Gasteiger partial charge in [0.25, 0.3) is 0 Å². The summed E-state index contributed by atoms with van der Waals surface area (Å²) in [6.07, 6.45) is 6.02. The molecule has 0 aliphatic carbocycles. The molecule has 2 aromatic rings. The highest BCUT2D eigenvalue weighted by Gasteiger charge is 2.25. The lowest BCUT2D eigenvalue weighted by Crippen LogP contribution is -2.30. The fraction of sp³-hybridized carbons (Fsp3) is 0.583. The monoisotopic (exact) mass is 262 g/mol. The van der Waals surface area contributed by atoms with Crippen LogP contribution in [-0.4, -0.2) is 38.7 Å². The van der Waals surface area contributed by atoms with Crippen LogP contribution in [0.4, 0.5) is 5.82 Å². The highest BCUT2D eigenvalue weighted by atomic mass is 16.1. The van der Waals surface area contributed by atoms with Gasteiger partial charge >= 0.3 is 5.69 Å². The van der Waals surface area contributed by atoms with E-state index in [1.807, 2.05) is 6.07 Å². The summed E-state index contributed by atoms with van der Waals surface area (Å²) in [6.45, 7) is 1.73. The summed E-state index contributed by atoms with van der Waals surface area (Å²) >= 11 is 0. The van der Waals surface area contributed by atoms with Crippen molar-refractivity contribution < 1.29 is 0 Å². The average Bonchev–Trinajstić information content (AvgIpc) is 3.03. The van der Waals surface area contributed by atoms with Crippen molar-refractivity contribution in [1.82, 2.24) is 19.6 Å². The first-order chi connectivity index (χ1) is 9.29. The molecular weight excluding hydrogens is 244 g/mol. The van der Waals surface area contributed by atoms with E-state index >= 15 is 0 Å². The number of nitrogens with zero attached hydrogens (tertiary/aromatic N) is 4. The number of aromatic nitrogens is 4. The molecule has 1 saturated heterocycles. The predicted molar refractivity (Wildman–Crippen MR) is 72.3 cm³/mol. The van der Waals surface area contributed by atoms with Crippen molar-refractivity contribution in [2.24, 2.45) is 5.73 Å². The summed E-state index contributed by atoms with van der Waals surface area (Å²) < 4.78 is 1.41. The number of fused-ring (bicyclic) bond motifs is 1. The van der Waals surface area contributed by atoms with Crippen molar-refractivity contribution in [2.75, 3.05) is 18.0 Å². The van der Waals surface area contributed by atoms with Crippen molar-refractivity contribution in [3.63, 3.8) is 0 Å². The first-order valence-corrected chi connectivity index (χ1v) is 6.69. The SMILES string of the molecule is NCCCC1CCCN1c1cc2n[nH]c(=O)n2cn1. The van der Waals surface area contributed by atoms with E-state index in [4.69, 9.17) is 5.73 Å². The van der Waals surface area contributed by atoms with E-state index in [0.717, 1.165) is 31.7 Å². The largest absolute Gasteiger partial charge is 0.353 e. The molecule has 1 fully saturated rings. The quantitative estimate of drug-likeness (QED) is 0.816. The Morgan fingerprint density at radius 3 is 3.26 bits per heavy atom. The lowest BCUT2D eigenvalue weighted by atomic mass is 10.1. The third-order valence-corrected chi connectivity index (χ3v) is 3.71. The molecular formula is C12H18N6O. The molecule has 3 rings (SSSR count). The summed E-state index contributed by atoms with van der Waals surface area (Å²) in [5.74, 6) is 0.894. The summed E-state index contributed by atoms with van der Waals surface area (Å²) in [5.41, 5.74) is 5.94. The van der Waals surface area contributed by atoms with Gasteiger partial charge in [0.1, 0.15) is 12.1 Å². The lowest BCUT2D eigenvalue weighted by molar-refractivity contribution is 0.582. The molecule has 0 radical (unpaired) electrons. The first kappa shape index (κ1) is 12.2. The van der Waals surface area contributed by atoms with E-state index in [9.17, 15) is 4.79 Å². The molecule has 0 saturated carbocycles. The molecule has 1 aliphatic rings. The van der Waals surface area contributed by atoms with Crippen LogP contribution in [0.5, 0.6) is 0 Å². The molecule has 1 atom stereocenters. The molecule has 0 aromatic carbocycles. The zero-order valence-electron chi connectivity index (χ0n) is 10.7. The van der Waals surface area contributed by atoms with Gasteiger partial charge in [0.15, 0.2) is 5.65 Å². The molecule has 0 spiro atoms. The Labute approximate surface area is 110 Å². The average molecular weight is 262 g/mol. The van der Waals surface area contributed by atoms with Gasteiger partial charge in [-0.15, -0.1) is 0 Å². The van der Waals surface area contributed by atoms with Crippen LogP contribution in [0.1, 0.15) is 25.7 Å². The Balaban J connectivity index is 1.88. The summed E-state index contributed by atoms with van der Waals surface area (Å²) in [6, 6.07) is 2.36. The van der Waals surface area contributed by atoms with Crippen LogP contribution in [0, 0.1) is 0 Å². The number of anilines is 1. The second-order valence-corrected chi connectivity index (χ2v) is 4.92. The molecule has 3 heterocycles. The fourth-order valence-electron chi connectivity index (χ4n) is 2.75. The van der Waals surface area contributed by atoms with Gasteiger partial charge in [0, 0.05) is 18.7 Å². The summed E-state index contributed by atoms with van der Waals surface area (Å²) in [4.78, 5) is 18.1. The van der Waals surface area contributed by atoms with E-state index in [0.29, 0.717) is 11.7 Å². The van der Waals surface area contributed by atoms with E-state index in [1.165, 1.54) is 23.6 Å². The molecule has 102 valence electrons. The maximum absolute atomic E-state index is 11.4. The Morgan fingerprint density at radius 2 is 2.42 bits per heavy atom. The normalized spacial score (nSPS) is 19.4. The van der Waals surface area contributed by atoms with Gasteiger partial charge < -0.3 is 10.6 Å². The number of nitrogens with two attached hydrogens (primary N) is 1. The molecule has 0 amide bonds. The summed E-state index contributed by atoms with van der Waals surface area (Å²) in [5, 5.41) is 6.40. The van der Waals surface area contributed by atoms with E-state index in [1.54, 1.807) is 0 Å². The van der Waals surface area contributed by atoms with Gasteiger partial charge in [-0.2, -0.15) is 5.10 Å². The van der Waals surface area contributed by atoms with Crippen molar-refractivity contribution >= 4 is 11.5 Å². The molecule has 1 unspecified atom stereocenters. The van der Waals surface area contributed by atoms with Crippen LogP contribution in [0.2, 0.25) is 0 Å². The lowest BCUT2D eigenvalue weighted by Gasteiger charge is -2.25. The highest BCUT2D eigenvalue weighted by Crippen LogP contribution is 2.26. The van der Waals surface area contributed by atoms with Gasteiger partial charge in [-0.1, -0.05) is 0 Å². The maximum Gasteiger partial charge on any atom is 0.348 e. The molecule has 0 bridgehead atoms. The van der Waals surface area contributed by atoms with Crippen LogP contribution < -0.4 is 16.3 Å². The zero-order valence-corrected chi connectivity index (χ0v) is 10.7. The first-order valence-electron chi connectivity index (χ1n) is 6.69. The number of nitrogens with one attached hydrogen (secondary N) is 1. The highest BCUT2D eigenvalue weighted by molar-refractivity contribution is 5.51. The molecule has 19 heavy (non-hydrogen) atoms. The molecule has 3 N–H and O–H groups in total. The van der Waals surface area contributed by atoms with Gasteiger partial charge in [0.05, 0.1) is 0 Å². The van der Waals surface area contributed by atoms with E-state index in [2.05, 4.69) is 20.1 Å². The number of aromatic amines is 1. The minimum atomic E-state index is -0.254. The van der Waals surface area contributed by atoms with E-state index < -0.39 is 0 Å². The third kappa shape index (κ3) is 2.21.